The van der Waals surface area contributed by atoms with Gasteiger partial charge in [0.2, 0.25) is 0 Å². The summed E-state index contributed by atoms with van der Waals surface area (Å²) in [4.78, 5) is 12.7. The fourth-order valence-electron chi connectivity index (χ4n) is 3.64. The number of hydrogen-bond donors (Lipinski definition) is 3. The summed E-state index contributed by atoms with van der Waals surface area (Å²) in [6, 6.07) is 4.07. The maximum Gasteiger partial charge on any atom is 0.144 e. The van der Waals surface area contributed by atoms with Crippen LogP contribution in [-0.4, -0.2) is 34.3 Å². The second-order valence-electron chi connectivity index (χ2n) is 6.85. The largest absolute Gasteiger partial charge is 0.496 e. The Labute approximate surface area is 178 Å². The third-order valence-electron chi connectivity index (χ3n) is 4.90. The van der Waals surface area contributed by atoms with Gasteiger partial charge in [-0.25, -0.2) is 9.97 Å². The molecule has 4 aromatic rings. The second-order valence-corrected chi connectivity index (χ2v) is 7.90. The summed E-state index contributed by atoms with van der Waals surface area (Å²) >= 11 is 1.49. The lowest BCUT2D eigenvalue weighted by Gasteiger charge is -2.11. The fourth-order valence-corrected chi connectivity index (χ4v) is 4.13. The zero-order valence-corrected chi connectivity index (χ0v) is 18.6. The molecule has 0 aliphatic rings. The molecule has 0 unspecified atom stereocenters. The summed E-state index contributed by atoms with van der Waals surface area (Å²) in [5.74, 6) is 2.91. The van der Waals surface area contributed by atoms with Crippen LogP contribution in [0.4, 0.5) is 5.82 Å². The number of hydrogen-bond acceptors (Lipinski definition) is 8. The maximum absolute atomic E-state index is 5.74. The van der Waals surface area contributed by atoms with Gasteiger partial charge in [-0.2, -0.15) is 0 Å². The van der Waals surface area contributed by atoms with Crippen LogP contribution in [0, 0.1) is 20.8 Å². The number of ether oxygens (including phenoxy) is 1. The minimum absolute atomic E-state index is 0.680. The van der Waals surface area contributed by atoms with E-state index in [-0.39, 0.29) is 0 Å². The number of H-pyrrole nitrogens is 1. The highest BCUT2D eigenvalue weighted by molar-refractivity contribution is 8.01. The first-order chi connectivity index (χ1) is 14.5. The normalized spacial score (nSPS) is 12.1. The van der Waals surface area contributed by atoms with Crippen LogP contribution in [0.1, 0.15) is 24.2 Å². The lowest BCUT2D eigenvalue weighted by molar-refractivity contribution is 0.393. The molecule has 9 heteroatoms. The average Bonchev–Trinajstić information content (AvgIpc) is 3.24. The van der Waals surface area contributed by atoms with Gasteiger partial charge in [-0.05, 0) is 58.8 Å². The molecule has 4 rings (SSSR count). The predicted molar refractivity (Wildman–Crippen MR) is 122 cm³/mol. The van der Waals surface area contributed by atoms with Crippen LogP contribution in [0.15, 0.2) is 27.8 Å². The number of benzene rings is 1. The monoisotopic (exact) mass is 424 g/mol. The summed E-state index contributed by atoms with van der Waals surface area (Å²) in [6.07, 6.45) is 2.00. The molecule has 0 spiro atoms. The van der Waals surface area contributed by atoms with Crippen molar-refractivity contribution in [1.29, 1.82) is 0 Å². The molecule has 3 N–H and O–H groups in total. The van der Waals surface area contributed by atoms with Crippen LogP contribution < -0.4 is 14.8 Å². The Morgan fingerprint density at radius 2 is 2.03 bits per heavy atom. The summed E-state index contributed by atoms with van der Waals surface area (Å²) in [6.45, 7) is 7.69. The van der Waals surface area contributed by atoms with E-state index in [0.717, 1.165) is 61.1 Å². The summed E-state index contributed by atoms with van der Waals surface area (Å²) in [7, 11) is 3.54. The molecule has 0 radical (unpaired) electrons. The molecule has 0 aliphatic carbocycles. The van der Waals surface area contributed by atoms with Crippen LogP contribution in [0.2, 0.25) is 0 Å². The molecule has 8 nitrogen and oxygen atoms in total. The number of rotatable bonds is 6. The molecule has 30 heavy (non-hydrogen) atoms. The van der Waals surface area contributed by atoms with E-state index < -0.39 is 0 Å². The number of methoxy groups -OCH3 is 1. The minimum atomic E-state index is 0.680. The zero-order chi connectivity index (χ0) is 21.4. The molecular formula is C21H24N6O2S. The Kier molecular flexibility index (Phi) is 5.40. The molecule has 0 bridgehead atoms. The number of aryl methyl sites for hydroxylation is 3. The number of aromatic amines is 1. The second kappa shape index (κ2) is 8.00. The van der Waals surface area contributed by atoms with Gasteiger partial charge in [-0.3, -0.25) is 4.72 Å². The summed E-state index contributed by atoms with van der Waals surface area (Å²) in [5.41, 5.74) is 4.39. The van der Waals surface area contributed by atoms with Crippen molar-refractivity contribution < 1.29 is 9.26 Å². The Hall–Kier alpha value is -3.04. The topological polar surface area (TPSA) is 101 Å². The van der Waals surface area contributed by atoms with Crippen molar-refractivity contribution in [2.45, 2.75) is 27.7 Å². The molecule has 3 heterocycles. The van der Waals surface area contributed by atoms with Crippen molar-refractivity contribution in [2.75, 3.05) is 19.5 Å². The van der Waals surface area contributed by atoms with Crippen LogP contribution in [0.5, 0.6) is 5.75 Å². The molecule has 0 amide bonds. The van der Waals surface area contributed by atoms with Gasteiger partial charge in [-0.15, -0.1) is 0 Å². The van der Waals surface area contributed by atoms with Gasteiger partial charge < -0.3 is 19.6 Å². The average molecular weight is 425 g/mol. The summed E-state index contributed by atoms with van der Waals surface area (Å²) < 4.78 is 14.2. The molecule has 3 aromatic heterocycles. The lowest BCUT2D eigenvalue weighted by Crippen LogP contribution is -2.05. The third-order valence-corrected chi connectivity index (χ3v) is 5.66. The Morgan fingerprint density at radius 1 is 1.23 bits per heavy atom. The van der Waals surface area contributed by atoms with E-state index in [1.54, 1.807) is 7.11 Å². The standard InChI is InChI=1S/C21H24N6O2S/c1-7-17(30-22-5)26-21-19-13-9-16(28-6)14(18-10(2)27-29-11(18)3)8-15(13)25-20(19)23-12(4)24-21/h7-9,22H,1-6H3,(H2,23,24,25,26)/b17-7-. The molecular weight excluding hydrogens is 400 g/mol. The number of fused-ring (bicyclic) bond motifs is 3. The van der Waals surface area contributed by atoms with Crippen LogP contribution in [0.25, 0.3) is 33.1 Å². The fraction of sp³-hybridized carbons (Fsp3) is 0.286. The van der Waals surface area contributed by atoms with E-state index in [1.165, 1.54) is 11.9 Å². The van der Waals surface area contributed by atoms with Crippen molar-refractivity contribution in [3.8, 4) is 16.9 Å². The number of nitrogens with one attached hydrogen (secondary N) is 3. The van der Waals surface area contributed by atoms with E-state index in [2.05, 4.69) is 36.2 Å². The van der Waals surface area contributed by atoms with Crippen LogP contribution in [-0.2, 0) is 0 Å². The van der Waals surface area contributed by atoms with Crippen molar-refractivity contribution in [2.24, 2.45) is 0 Å². The van der Waals surface area contributed by atoms with Gasteiger partial charge in [0.25, 0.3) is 0 Å². The van der Waals surface area contributed by atoms with Gasteiger partial charge in [0.05, 0.1) is 28.8 Å². The van der Waals surface area contributed by atoms with E-state index in [0.29, 0.717) is 5.82 Å². The number of aromatic nitrogens is 4. The van der Waals surface area contributed by atoms with Crippen molar-refractivity contribution >= 4 is 39.7 Å². The first kappa shape index (κ1) is 20.2. The highest BCUT2D eigenvalue weighted by Gasteiger charge is 2.20. The molecule has 0 saturated heterocycles. The van der Waals surface area contributed by atoms with Crippen molar-refractivity contribution in [1.82, 2.24) is 24.8 Å². The first-order valence-electron chi connectivity index (χ1n) is 9.55. The Balaban J connectivity index is 1.98. The van der Waals surface area contributed by atoms with Crippen LogP contribution >= 0.6 is 11.9 Å². The molecule has 0 aliphatic heterocycles. The van der Waals surface area contributed by atoms with E-state index in [1.807, 2.05) is 46.9 Å². The minimum Gasteiger partial charge on any atom is -0.496 e. The summed E-state index contributed by atoms with van der Waals surface area (Å²) in [5, 5.41) is 10.3. The molecule has 1 aromatic carbocycles. The SMILES string of the molecule is C/C=C(/Nc1nc(C)nc2[nH]c3cc(-c4c(C)noc4C)c(OC)cc3c12)SNC. The van der Waals surface area contributed by atoms with Gasteiger partial charge in [-0.1, -0.05) is 11.2 Å². The lowest BCUT2D eigenvalue weighted by atomic mass is 10.0. The van der Waals surface area contributed by atoms with E-state index in [4.69, 9.17) is 9.26 Å². The maximum atomic E-state index is 5.74. The number of allylic oxidation sites excluding steroid dienone is 1. The quantitative estimate of drug-likeness (QED) is 0.378. The van der Waals surface area contributed by atoms with Gasteiger partial charge in [0, 0.05) is 16.5 Å². The molecule has 0 saturated carbocycles. The van der Waals surface area contributed by atoms with Crippen molar-refractivity contribution in [3.05, 3.63) is 40.5 Å². The van der Waals surface area contributed by atoms with Gasteiger partial charge >= 0.3 is 0 Å². The third kappa shape index (κ3) is 3.40. The molecule has 0 fully saturated rings. The highest BCUT2D eigenvalue weighted by Crippen LogP contribution is 2.40. The van der Waals surface area contributed by atoms with E-state index >= 15 is 0 Å². The molecule has 156 valence electrons. The molecule has 0 atom stereocenters. The number of nitrogens with zero attached hydrogens (tertiary/aromatic N) is 3. The highest BCUT2D eigenvalue weighted by atomic mass is 32.2. The predicted octanol–water partition coefficient (Wildman–Crippen LogP) is 4.84. The van der Waals surface area contributed by atoms with Gasteiger partial charge in [0.1, 0.15) is 28.8 Å². The smallest absolute Gasteiger partial charge is 0.144 e. The van der Waals surface area contributed by atoms with Crippen molar-refractivity contribution in [3.63, 3.8) is 0 Å². The zero-order valence-electron chi connectivity index (χ0n) is 17.8. The van der Waals surface area contributed by atoms with E-state index in [9.17, 15) is 0 Å². The van der Waals surface area contributed by atoms with Gasteiger partial charge in [0.15, 0.2) is 0 Å². The Morgan fingerprint density at radius 3 is 2.67 bits per heavy atom. The number of anilines is 1. The first-order valence-corrected chi connectivity index (χ1v) is 10.4. The Bertz CT molecular complexity index is 1250. The van der Waals surface area contributed by atoms with Crippen LogP contribution in [0.3, 0.4) is 0 Å².